The standard InChI is InChI=1S/C15H24N2O3/c1-5-13(17(3)4)15(19)16-12-7-8-14(20-6-2)11(9-12)10-18/h7-9,13,18H,5-6,10H2,1-4H3,(H,16,19). The van der Waals surface area contributed by atoms with Gasteiger partial charge in [-0.05, 0) is 45.6 Å². The summed E-state index contributed by atoms with van der Waals surface area (Å²) in [5.41, 5.74) is 1.34. The number of likely N-dealkylation sites (N-methyl/N-ethyl adjacent to an activating group) is 1. The van der Waals surface area contributed by atoms with E-state index in [9.17, 15) is 9.90 Å². The molecule has 0 fully saturated rings. The van der Waals surface area contributed by atoms with Crippen molar-refractivity contribution in [1.29, 1.82) is 0 Å². The Bertz CT molecular complexity index is 447. The van der Waals surface area contributed by atoms with Crippen molar-refractivity contribution in [3.63, 3.8) is 0 Å². The molecule has 1 aromatic carbocycles. The number of aliphatic hydroxyl groups is 1. The van der Waals surface area contributed by atoms with Gasteiger partial charge in [-0.3, -0.25) is 9.69 Å². The van der Waals surface area contributed by atoms with E-state index in [-0.39, 0.29) is 18.6 Å². The van der Waals surface area contributed by atoms with E-state index in [2.05, 4.69) is 5.32 Å². The van der Waals surface area contributed by atoms with Gasteiger partial charge in [0.25, 0.3) is 0 Å². The molecule has 0 saturated carbocycles. The lowest BCUT2D eigenvalue weighted by Gasteiger charge is -2.22. The van der Waals surface area contributed by atoms with Gasteiger partial charge in [0.2, 0.25) is 5.91 Å². The summed E-state index contributed by atoms with van der Waals surface area (Å²) in [6.07, 6.45) is 0.739. The molecular formula is C15H24N2O3. The Balaban J connectivity index is 2.85. The molecule has 0 aromatic heterocycles. The maximum atomic E-state index is 12.1. The van der Waals surface area contributed by atoms with Crippen molar-refractivity contribution in [3.05, 3.63) is 23.8 Å². The van der Waals surface area contributed by atoms with Gasteiger partial charge in [0, 0.05) is 11.3 Å². The quantitative estimate of drug-likeness (QED) is 0.800. The molecule has 0 aliphatic carbocycles. The van der Waals surface area contributed by atoms with Gasteiger partial charge in [0.15, 0.2) is 0 Å². The molecule has 1 rings (SSSR count). The number of ether oxygens (including phenoxy) is 1. The number of hydrogen-bond acceptors (Lipinski definition) is 4. The highest BCUT2D eigenvalue weighted by Gasteiger charge is 2.18. The molecule has 5 nitrogen and oxygen atoms in total. The second-order valence-electron chi connectivity index (χ2n) is 4.79. The summed E-state index contributed by atoms with van der Waals surface area (Å²) in [7, 11) is 3.76. The predicted molar refractivity (Wildman–Crippen MR) is 79.9 cm³/mol. The molecule has 1 aromatic rings. The fourth-order valence-electron chi connectivity index (χ4n) is 2.09. The third-order valence-corrected chi connectivity index (χ3v) is 3.11. The van der Waals surface area contributed by atoms with Gasteiger partial charge in [0.1, 0.15) is 5.75 Å². The average Bonchev–Trinajstić information content (AvgIpc) is 2.41. The number of hydrogen-bond donors (Lipinski definition) is 2. The summed E-state index contributed by atoms with van der Waals surface area (Å²) < 4.78 is 5.41. The second kappa shape index (κ2) is 7.87. The summed E-state index contributed by atoms with van der Waals surface area (Å²) in [6.45, 7) is 4.28. The number of anilines is 1. The molecule has 1 unspecified atom stereocenters. The van der Waals surface area contributed by atoms with E-state index in [0.29, 0.717) is 23.6 Å². The molecule has 0 spiro atoms. The van der Waals surface area contributed by atoms with Crippen molar-refractivity contribution in [1.82, 2.24) is 4.90 Å². The summed E-state index contributed by atoms with van der Waals surface area (Å²) in [5, 5.41) is 12.2. The van der Waals surface area contributed by atoms with Crippen LogP contribution in [0.5, 0.6) is 5.75 Å². The number of nitrogens with one attached hydrogen (secondary N) is 1. The van der Waals surface area contributed by atoms with Gasteiger partial charge in [-0.25, -0.2) is 0 Å². The molecule has 112 valence electrons. The molecule has 20 heavy (non-hydrogen) atoms. The van der Waals surface area contributed by atoms with Crippen LogP contribution in [0.15, 0.2) is 18.2 Å². The summed E-state index contributed by atoms with van der Waals surface area (Å²) in [4.78, 5) is 14.0. The van der Waals surface area contributed by atoms with Crippen LogP contribution in [0.25, 0.3) is 0 Å². The van der Waals surface area contributed by atoms with Gasteiger partial charge >= 0.3 is 0 Å². The largest absolute Gasteiger partial charge is 0.494 e. The van der Waals surface area contributed by atoms with Crippen LogP contribution in [-0.2, 0) is 11.4 Å². The number of nitrogens with zero attached hydrogens (tertiary/aromatic N) is 1. The van der Waals surface area contributed by atoms with Crippen molar-refractivity contribution < 1.29 is 14.6 Å². The van der Waals surface area contributed by atoms with E-state index < -0.39 is 0 Å². The average molecular weight is 280 g/mol. The Labute approximate surface area is 120 Å². The Hall–Kier alpha value is -1.59. The Kier molecular flexibility index (Phi) is 6.48. The van der Waals surface area contributed by atoms with Crippen molar-refractivity contribution in [2.24, 2.45) is 0 Å². The van der Waals surface area contributed by atoms with Crippen LogP contribution in [0.1, 0.15) is 25.8 Å². The van der Waals surface area contributed by atoms with Gasteiger partial charge in [-0.2, -0.15) is 0 Å². The lowest BCUT2D eigenvalue weighted by molar-refractivity contribution is -0.120. The fourth-order valence-corrected chi connectivity index (χ4v) is 2.09. The molecule has 0 bridgehead atoms. The van der Waals surface area contributed by atoms with E-state index in [1.165, 1.54) is 0 Å². The highest BCUT2D eigenvalue weighted by molar-refractivity contribution is 5.94. The maximum absolute atomic E-state index is 12.1. The maximum Gasteiger partial charge on any atom is 0.241 e. The molecule has 0 saturated heterocycles. The molecule has 2 N–H and O–H groups in total. The first-order valence-corrected chi connectivity index (χ1v) is 6.87. The number of carbonyl (C=O) groups excluding carboxylic acids is 1. The topological polar surface area (TPSA) is 61.8 Å². The lowest BCUT2D eigenvalue weighted by Crippen LogP contribution is -2.39. The van der Waals surface area contributed by atoms with E-state index >= 15 is 0 Å². The smallest absolute Gasteiger partial charge is 0.241 e. The zero-order valence-corrected chi connectivity index (χ0v) is 12.6. The highest BCUT2D eigenvalue weighted by Crippen LogP contribution is 2.23. The van der Waals surface area contributed by atoms with Crippen LogP contribution in [0.4, 0.5) is 5.69 Å². The fraction of sp³-hybridized carbons (Fsp3) is 0.533. The summed E-state index contributed by atoms with van der Waals surface area (Å²) in [5.74, 6) is 0.596. The van der Waals surface area contributed by atoms with Crippen LogP contribution in [0.2, 0.25) is 0 Å². The Morgan fingerprint density at radius 1 is 1.40 bits per heavy atom. The lowest BCUT2D eigenvalue weighted by atomic mass is 10.1. The normalized spacial score (nSPS) is 12.3. The first-order chi connectivity index (χ1) is 9.53. The van der Waals surface area contributed by atoms with Crippen LogP contribution in [0.3, 0.4) is 0 Å². The van der Waals surface area contributed by atoms with Crippen LogP contribution in [-0.4, -0.2) is 42.7 Å². The number of carbonyl (C=O) groups is 1. The molecular weight excluding hydrogens is 256 g/mol. The number of rotatable bonds is 7. The number of aliphatic hydroxyl groups excluding tert-OH is 1. The van der Waals surface area contributed by atoms with E-state index in [1.54, 1.807) is 18.2 Å². The number of amides is 1. The van der Waals surface area contributed by atoms with E-state index in [1.807, 2.05) is 32.8 Å². The van der Waals surface area contributed by atoms with Gasteiger partial charge in [-0.15, -0.1) is 0 Å². The first kappa shape index (κ1) is 16.5. The zero-order valence-electron chi connectivity index (χ0n) is 12.6. The molecule has 5 heteroatoms. The third-order valence-electron chi connectivity index (χ3n) is 3.11. The monoisotopic (exact) mass is 280 g/mol. The zero-order chi connectivity index (χ0) is 15.1. The minimum absolute atomic E-state index is 0.0504. The minimum Gasteiger partial charge on any atom is -0.494 e. The van der Waals surface area contributed by atoms with E-state index in [4.69, 9.17) is 4.74 Å². The molecule has 1 atom stereocenters. The SMILES string of the molecule is CCOc1ccc(NC(=O)C(CC)N(C)C)cc1CO. The van der Waals surface area contributed by atoms with Crippen LogP contribution >= 0.6 is 0 Å². The Morgan fingerprint density at radius 2 is 2.10 bits per heavy atom. The second-order valence-corrected chi connectivity index (χ2v) is 4.79. The highest BCUT2D eigenvalue weighted by atomic mass is 16.5. The van der Waals surface area contributed by atoms with Crippen molar-refractivity contribution >= 4 is 11.6 Å². The van der Waals surface area contributed by atoms with E-state index in [0.717, 1.165) is 6.42 Å². The van der Waals surface area contributed by atoms with Gasteiger partial charge < -0.3 is 15.2 Å². The molecule has 0 aliphatic rings. The molecule has 0 heterocycles. The molecule has 0 aliphatic heterocycles. The minimum atomic E-state index is -0.167. The van der Waals surface area contributed by atoms with Crippen LogP contribution < -0.4 is 10.1 Å². The first-order valence-electron chi connectivity index (χ1n) is 6.87. The molecule has 0 radical (unpaired) electrons. The number of benzene rings is 1. The van der Waals surface area contributed by atoms with Crippen molar-refractivity contribution in [2.45, 2.75) is 32.9 Å². The van der Waals surface area contributed by atoms with Crippen LogP contribution in [0, 0.1) is 0 Å². The summed E-state index contributed by atoms with van der Waals surface area (Å²) in [6, 6.07) is 5.12. The van der Waals surface area contributed by atoms with Gasteiger partial charge in [0.05, 0.1) is 19.3 Å². The molecule has 1 amide bonds. The predicted octanol–water partition coefficient (Wildman–Crippen LogP) is 1.86. The van der Waals surface area contributed by atoms with Crippen molar-refractivity contribution in [2.75, 3.05) is 26.0 Å². The van der Waals surface area contributed by atoms with Gasteiger partial charge in [-0.1, -0.05) is 6.92 Å². The third kappa shape index (κ3) is 4.21. The Morgan fingerprint density at radius 3 is 2.60 bits per heavy atom. The summed E-state index contributed by atoms with van der Waals surface area (Å²) >= 11 is 0. The van der Waals surface area contributed by atoms with Crippen molar-refractivity contribution in [3.8, 4) is 5.75 Å².